The van der Waals surface area contributed by atoms with E-state index in [9.17, 15) is 4.79 Å². The van der Waals surface area contributed by atoms with E-state index in [1.807, 2.05) is 31.2 Å². The van der Waals surface area contributed by atoms with Gasteiger partial charge in [-0.2, -0.15) is 0 Å². The molecule has 0 bridgehead atoms. The van der Waals surface area contributed by atoms with Crippen LogP contribution >= 0.6 is 0 Å². The second-order valence-electron chi connectivity index (χ2n) is 5.29. The van der Waals surface area contributed by atoms with E-state index in [0.29, 0.717) is 12.6 Å². The van der Waals surface area contributed by atoms with Crippen LogP contribution in [-0.2, 0) is 0 Å². The minimum atomic E-state index is 0.226. The first kappa shape index (κ1) is 12.3. The van der Waals surface area contributed by atoms with Gasteiger partial charge in [0.15, 0.2) is 5.78 Å². The van der Waals surface area contributed by atoms with Crippen molar-refractivity contribution in [3.05, 3.63) is 35.4 Å². The standard InChI is InChI=1S/C15H21NO/c1-11-5-4-6-14(9-11)15(17)10-16(3)12(2)13-7-8-13/h4-6,9,12-13H,7-8,10H2,1-3H3. The number of Topliss-reactive ketones (excluding diaryl/α,β-unsaturated/α-hetero) is 1. The molecule has 0 aliphatic heterocycles. The van der Waals surface area contributed by atoms with E-state index >= 15 is 0 Å². The monoisotopic (exact) mass is 231 g/mol. The number of hydrogen-bond acceptors (Lipinski definition) is 2. The molecule has 1 atom stereocenters. The molecule has 2 nitrogen and oxygen atoms in total. The zero-order chi connectivity index (χ0) is 12.4. The van der Waals surface area contributed by atoms with Gasteiger partial charge in [-0.15, -0.1) is 0 Å². The lowest BCUT2D eigenvalue weighted by Crippen LogP contribution is -2.35. The van der Waals surface area contributed by atoms with Crippen LogP contribution in [0.5, 0.6) is 0 Å². The summed E-state index contributed by atoms with van der Waals surface area (Å²) in [7, 11) is 2.05. The number of carbonyl (C=O) groups excluding carboxylic acids is 1. The average Bonchev–Trinajstić information content (AvgIpc) is 3.11. The van der Waals surface area contributed by atoms with Crippen molar-refractivity contribution >= 4 is 5.78 Å². The molecule has 0 radical (unpaired) electrons. The topological polar surface area (TPSA) is 20.3 Å². The van der Waals surface area contributed by atoms with Gasteiger partial charge in [0.1, 0.15) is 0 Å². The van der Waals surface area contributed by atoms with Crippen LogP contribution in [0, 0.1) is 12.8 Å². The summed E-state index contributed by atoms with van der Waals surface area (Å²) in [5.41, 5.74) is 1.98. The molecule has 0 aromatic heterocycles. The Bertz CT molecular complexity index is 409. The third kappa shape index (κ3) is 3.16. The number of benzene rings is 1. The molecule has 1 aromatic rings. The Kier molecular flexibility index (Phi) is 3.63. The third-order valence-electron chi connectivity index (χ3n) is 3.73. The van der Waals surface area contributed by atoms with Crippen LogP contribution in [0.3, 0.4) is 0 Å². The zero-order valence-corrected chi connectivity index (χ0v) is 10.9. The molecule has 1 saturated carbocycles. The lowest BCUT2D eigenvalue weighted by atomic mass is 10.1. The van der Waals surface area contributed by atoms with Crippen LogP contribution in [0.4, 0.5) is 0 Å². The first-order valence-corrected chi connectivity index (χ1v) is 6.38. The van der Waals surface area contributed by atoms with Crippen LogP contribution < -0.4 is 0 Å². The lowest BCUT2D eigenvalue weighted by Gasteiger charge is -2.23. The molecule has 1 unspecified atom stereocenters. The maximum Gasteiger partial charge on any atom is 0.176 e. The maximum absolute atomic E-state index is 12.1. The predicted octanol–water partition coefficient (Wildman–Crippen LogP) is 2.91. The molecule has 1 aliphatic rings. The van der Waals surface area contributed by atoms with E-state index in [4.69, 9.17) is 0 Å². The third-order valence-corrected chi connectivity index (χ3v) is 3.73. The summed E-state index contributed by atoms with van der Waals surface area (Å²) in [6, 6.07) is 8.38. The number of hydrogen-bond donors (Lipinski definition) is 0. The number of rotatable bonds is 5. The van der Waals surface area contributed by atoms with Crippen molar-refractivity contribution in [1.82, 2.24) is 4.90 Å². The highest BCUT2D eigenvalue weighted by Gasteiger charge is 2.31. The van der Waals surface area contributed by atoms with Gasteiger partial charge >= 0.3 is 0 Å². The number of carbonyl (C=O) groups is 1. The summed E-state index contributed by atoms with van der Waals surface area (Å²) in [6.07, 6.45) is 2.65. The molecular weight excluding hydrogens is 210 g/mol. The Balaban J connectivity index is 1.96. The minimum Gasteiger partial charge on any atom is -0.296 e. The quantitative estimate of drug-likeness (QED) is 0.726. The van der Waals surface area contributed by atoms with Gasteiger partial charge < -0.3 is 0 Å². The Labute approximate surface area is 104 Å². The van der Waals surface area contributed by atoms with Gasteiger partial charge in [-0.25, -0.2) is 0 Å². The normalized spacial score (nSPS) is 17.2. The van der Waals surface area contributed by atoms with Gasteiger partial charge in [0, 0.05) is 11.6 Å². The summed E-state index contributed by atoms with van der Waals surface area (Å²) in [4.78, 5) is 14.3. The summed E-state index contributed by atoms with van der Waals surface area (Å²) in [6.45, 7) is 4.77. The Morgan fingerprint density at radius 1 is 1.47 bits per heavy atom. The molecule has 0 saturated heterocycles. The lowest BCUT2D eigenvalue weighted by molar-refractivity contribution is 0.0917. The molecule has 0 amide bonds. The van der Waals surface area contributed by atoms with Crippen molar-refractivity contribution in [3.63, 3.8) is 0 Å². The molecule has 2 rings (SSSR count). The van der Waals surface area contributed by atoms with E-state index in [1.54, 1.807) is 0 Å². The van der Waals surface area contributed by atoms with Gasteiger partial charge in [0.25, 0.3) is 0 Å². The van der Waals surface area contributed by atoms with Gasteiger partial charge in [-0.3, -0.25) is 9.69 Å². The zero-order valence-electron chi connectivity index (χ0n) is 10.9. The fourth-order valence-corrected chi connectivity index (χ4v) is 2.22. The van der Waals surface area contributed by atoms with E-state index < -0.39 is 0 Å². The average molecular weight is 231 g/mol. The van der Waals surface area contributed by atoms with Crippen LogP contribution in [0.25, 0.3) is 0 Å². The van der Waals surface area contributed by atoms with Crippen molar-refractivity contribution in [3.8, 4) is 0 Å². The van der Waals surface area contributed by atoms with Crippen LogP contribution in [0.15, 0.2) is 24.3 Å². The van der Waals surface area contributed by atoms with E-state index in [1.165, 1.54) is 12.8 Å². The fraction of sp³-hybridized carbons (Fsp3) is 0.533. The molecule has 0 heterocycles. The summed E-state index contributed by atoms with van der Waals surface area (Å²) < 4.78 is 0. The van der Waals surface area contributed by atoms with Crippen LogP contribution in [0.2, 0.25) is 0 Å². The van der Waals surface area contributed by atoms with Crippen molar-refractivity contribution in [1.29, 1.82) is 0 Å². The van der Waals surface area contributed by atoms with Gasteiger partial charge in [0.2, 0.25) is 0 Å². The smallest absolute Gasteiger partial charge is 0.176 e. The van der Waals surface area contributed by atoms with Crippen LogP contribution in [-0.4, -0.2) is 30.3 Å². The molecule has 1 fully saturated rings. The predicted molar refractivity (Wildman–Crippen MR) is 70.3 cm³/mol. The summed E-state index contributed by atoms with van der Waals surface area (Å²) in [5, 5.41) is 0. The number of aryl methyl sites for hydroxylation is 1. The Morgan fingerprint density at radius 2 is 2.18 bits per heavy atom. The van der Waals surface area contributed by atoms with E-state index in [2.05, 4.69) is 18.9 Å². The molecule has 17 heavy (non-hydrogen) atoms. The largest absolute Gasteiger partial charge is 0.296 e. The van der Waals surface area contributed by atoms with E-state index in [0.717, 1.165) is 17.0 Å². The number of nitrogens with zero attached hydrogens (tertiary/aromatic N) is 1. The van der Waals surface area contributed by atoms with Gasteiger partial charge in [0.05, 0.1) is 6.54 Å². The number of ketones is 1. The number of likely N-dealkylation sites (N-methyl/N-ethyl adjacent to an activating group) is 1. The molecular formula is C15H21NO. The highest BCUT2D eigenvalue weighted by atomic mass is 16.1. The van der Waals surface area contributed by atoms with E-state index in [-0.39, 0.29) is 5.78 Å². The van der Waals surface area contributed by atoms with Crippen molar-refractivity contribution in [2.45, 2.75) is 32.7 Å². The SMILES string of the molecule is Cc1cccc(C(=O)CN(C)C(C)C2CC2)c1. The second kappa shape index (κ2) is 5.01. The van der Waals surface area contributed by atoms with Crippen molar-refractivity contribution in [2.75, 3.05) is 13.6 Å². The second-order valence-corrected chi connectivity index (χ2v) is 5.29. The Morgan fingerprint density at radius 3 is 2.76 bits per heavy atom. The van der Waals surface area contributed by atoms with Crippen molar-refractivity contribution in [2.24, 2.45) is 5.92 Å². The van der Waals surface area contributed by atoms with Crippen molar-refractivity contribution < 1.29 is 4.79 Å². The first-order valence-electron chi connectivity index (χ1n) is 6.38. The maximum atomic E-state index is 12.1. The molecule has 0 spiro atoms. The first-order chi connectivity index (χ1) is 8.08. The molecule has 2 heteroatoms. The molecule has 92 valence electrons. The highest BCUT2D eigenvalue weighted by Crippen LogP contribution is 2.34. The highest BCUT2D eigenvalue weighted by molar-refractivity contribution is 5.97. The summed E-state index contributed by atoms with van der Waals surface area (Å²) >= 11 is 0. The fourth-order valence-electron chi connectivity index (χ4n) is 2.22. The molecule has 0 N–H and O–H groups in total. The van der Waals surface area contributed by atoms with Gasteiger partial charge in [-0.1, -0.05) is 23.8 Å². The molecule has 1 aliphatic carbocycles. The Hall–Kier alpha value is -1.15. The molecule has 1 aromatic carbocycles. The minimum absolute atomic E-state index is 0.226. The van der Waals surface area contributed by atoms with Gasteiger partial charge in [-0.05, 0) is 45.7 Å². The summed E-state index contributed by atoms with van der Waals surface area (Å²) in [5.74, 6) is 1.04. The van der Waals surface area contributed by atoms with Crippen LogP contribution in [0.1, 0.15) is 35.7 Å².